The quantitative estimate of drug-likeness (QED) is 0.204. The van der Waals surface area contributed by atoms with Crippen LogP contribution in [0.1, 0.15) is 13.3 Å². The Morgan fingerprint density at radius 1 is 1.40 bits per heavy atom. The fourth-order valence-corrected chi connectivity index (χ4v) is 0.927. The maximum atomic E-state index is 12.3. The minimum absolute atomic E-state index is 0.0655. The Kier molecular flexibility index (Phi) is 7.12. The number of halogens is 3. The summed E-state index contributed by atoms with van der Waals surface area (Å²) >= 11 is 0. The number of hydrogen-bond acceptors (Lipinski definition) is 5. The Hall–Kier alpha value is -2.25. The number of rotatable bonds is 6. The molecular formula is C12H14F3NO4. The Bertz CT molecular complexity index is 450. The number of alkyl halides is 3. The Morgan fingerprint density at radius 3 is 2.40 bits per heavy atom. The molecule has 8 heteroatoms. The molecule has 0 saturated carbocycles. The molecule has 0 aliphatic carbocycles. The van der Waals surface area contributed by atoms with Crippen LogP contribution in [0.2, 0.25) is 0 Å². The van der Waals surface area contributed by atoms with Crippen LogP contribution in [0.3, 0.4) is 0 Å². The Labute approximate surface area is 113 Å². The van der Waals surface area contributed by atoms with Gasteiger partial charge in [-0.1, -0.05) is 18.7 Å². The van der Waals surface area contributed by atoms with Crippen LogP contribution in [-0.4, -0.2) is 30.2 Å². The second-order valence-corrected chi connectivity index (χ2v) is 3.36. The van der Waals surface area contributed by atoms with Crippen molar-refractivity contribution in [2.75, 3.05) is 7.11 Å². The van der Waals surface area contributed by atoms with Gasteiger partial charge in [-0.25, -0.2) is 0 Å². The number of allylic oxidation sites excluding steroid dienone is 3. The van der Waals surface area contributed by atoms with Crippen molar-refractivity contribution < 1.29 is 32.6 Å². The van der Waals surface area contributed by atoms with Crippen molar-refractivity contribution in [1.29, 1.82) is 0 Å². The summed E-state index contributed by atoms with van der Waals surface area (Å²) in [5, 5.41) is 10.4. The second kappa shape index (κ2) is 8.03. The molecule has 5 nitrogen and oxygen atoms in total. The van der Waals surface area contributed by atoms with Crippen molar-refractivity contribution in [3.63, 3.8) is 0 Å². The maximum Gasteiger partial charge on any atom is 0.436 e. The third-order valence-corrected chi connectivity index (χ3v) is 1.88. The summed E-state index contributed by atoms with van der Waals surface area (Å²) < 4.78 is 46.3. The molecule has 0 aliphatic heterocycles. The summed E-state index contributed by atoms with van der Waals surface area (Å²) in [5.41, 5.74) is -1.50. The summed E-state index contributed by atoms with van der Waals surface area (Å²) in [6.45, 7) is 4.96. The topological polar surface area (TPSA) is 68.1 Å². The average molecular weight is 293 g/mol. The summed E-state index contributed by atoms with van der Waals surface area (Å²) in [6.07, 6.45) is -2.15. The molecule has 0 aliphatic rings. The van der Waals surface area contributed by atoms with Gasteiger partial charge in [-0.15, -0.1) is 0 Å². The first kappa shape index (κ1) is 17.8. The van der Waals surface area contributed by atoms with Crippen molar-refractivity contribution in [3.8, 4) is 0 Å². The second-order valence-electron chi connectivity index (χ2n) is 3.36. The molecule has 0 aromatic heterocycles. The molecule has 1 N–H and O–H groups in total. The summed E-state index contributed by atoms with van der Waals surface area (Å²) in [5.74, 6) is -0.698. The first-order chi connectivity index (χ1) is 9.24. The lowest BCUT2D eigenvalue weighted by Crippen LogP contribution is -2.20. The zero-order chi connectivity index (χ0) is 15.8. The molecule has 112 valence electrons. The van der Waals surface area contributed by atoms with Gasteiger partial charge in [0, 0.05) is 12.5 Å². The van der Waals surface area contributed by atoms with Crippen LogP contribution in [0.15, 0.2) is 41.5 Å². The normalized spacial score (nSPS) is 13.4. The monoisotopic (exact) mass is 293 g/mol. The zero-order valence-electron chi connectivity index (χ0n) is 10.9. The van der Waals surface area contributed by atoms with Crippen molar-refractivity contribution in [2.45, 2.75) is 19.5 Å². The van der Waals surface area contributed by atoms with E-state index in [1.165, 1.54) is 7.11 Å². The van der Waals surface area contributed by atoms with E-state index in [9.17, 15) is 18.0 Å². The number of nitrogens with zero attached hydrogens (tertiary/aromatic N) is 1. The van der Waals surface area contributed by atoms with Crippen molar-refractivity contribution >= 4 is 11.7 Å². The number of carbonyl (C=O) groups excluding carboxylic acids is 1. The van der Waals surface area contributed by atoms with Gasteiger partial charge in [-0.2, -0.15) is 13.2 Å². The van der Waals surface area contributed by atoms with E-state index in [0.29, 0.717) is 6.08 Å². The fraction of sp³-hybridized carbons (Fsp3) is 0.333. The maximum absolute atomic E-state index is 12.3. The molecule has 0 rings (SSSR count). The summed E-state index contributed by atoms with van der Waals surface area (Å²) in [6, 6.07) is 0. The fourth-order valence-electron chi connectivity index (χ4n) is 0.927. The van der Waals surface area contributed by atoms with Gasteiger partial charge in [0.05, 0.1) is 7.11 Å². The number of oxime groups is 1. The molecule has 0 fully saturated rings. The molecule has 0 spiro atoms. The molecule has 20 heavy (non-hydrogen) atoms. The van der Waals surface area contributed by atoms with Gasteiger partial charge in [0.1, 0.15) is 11.5 Å². The lowest BCUT2D eigenvalue weighted by molar-refractivity contribution is -0.138. The number of hydrogen-bond donors (Lipinski definition) is 1. The molecule has 0 amide bonds. The lowest BCUT2D eigenvalue weighted by Gasteiger charge is -2.06. The van der Waals surface area contributed by atoms with Gasteiger partial charge in [0.15, 0.2) is 5.71 Å². The van der Waals surface area contributed by atoms with Crippen LogP contribution in [0.25, 0.3) is 0 Å². The van der Waals surface area contributed by atoms with E-state index in [2.05, 4.69) is 11.7 Å². The van der Waals surface area contributed by atoms with Gasteiger partial charge in [0.2, 0.25) is 0 Å². The van der Waals surface area contributed by atoms with Crippen LogP contribution in [0.5, 0.6) is 0 Å². The minimum atomic E-state index is -4.80. The largest absolute Gasteiger partial charge is 0.497 e. The smallest absolute Gasteiger partial charge is 0.436 e. The number of ether oxygens (including phenoxy) is 2. The van der Waals surface area contributed by atoms with E-state index in [0.717, 1.165) is 12.2 Å². The van der Waals surface area contributed by atoms with Crippen LogP contribution in [0, 0.1) is 0 Å². The van der Waals surface area contributed by atoms with Crippen molar-refractivity contribution in [1.82, 2.24) is 0 Å². The summed E-state index contributed by atoms with van der Waals surface area (Å²) in [4.78, 5) is 11.0. The first-order valence-corrected chi connectivity index (χ1v) is 5.37. The Morgan fingerprint density at radius 2 is 2.00 bits per heavy atom. The van der Waals surface area contributed by atoms with E-state index in [-0.39, 0.29) is 17.9 Å². The van der Waals surface area contributed by atoms with Crippen LogP contribution in [-0.2, 0) is 14.3 Å². The molecule has 0 saturated heterocycles. The van der Waals surface area contributed by atoms with Gasteiger partial charge in [-0.3, -0.25) is 4.79 Å². The highest BCUT2D eigenvalue weighted by atomic mass is 19.4. The minimum Gasteiger partial charge on any atom is -0.497 e. The average Bonchev–Trinajstić information content (AvgIpc) is 2.36. The predicted octanol–water partition coefficient (Wildman–Crippen LogP) is 2.93. The molecule has 0 bridgehead atoms. The van der Waals surface area contributed by atoms with Gasteiger partial charge < -0.3 is 14.7 Å². The SMILES string of the molecule is C=C(\C=C(/C=C\C(=N/O)C(F)(F)F)OC)OC(=O)CC. The summed E-state index contributed by atoms with van der Waals surface area (Å²) in [7, 11) is 1.20. The Balaban J connectivity index is 4.94. The highest BCUT2D eigenvalue weighted by molar-refractivity contribution is 5.99. The van der Waals surface area contributed by atoms with Gasteiger partial charge in [-0.05, 0) is 12.2 Å². The highest BCUT2D eigenvalue weighted by Crippen LogP contribution is 2.18. The highest BCUT2D eigenvalue weighted by Gasteiger charge is 2.34. The van der Waals surface area contributed by atoms with Crippen LogP contribution >= 0.6 is 0 Å². The number of carbonyl (C=O) groups is 1. The van der Waals surface area contributed by atoms with E-state index in [1.54, 1.807) is 6.92 Å². The first-order valence-electron chi connectivity index (χ1n) is 5.37. The standard InChI is InChI=1S/C12H14F3NO4/c1-4-11(17)20-8(2)7-9(19-3)5-6-10(16-18)12(13,14)15/h5-7,18H,2,4H2,1,3H3/b6-5-,9-7+,16-10+. The third-order valence-electron chi connectivity index (χ3n) is 1.88. The molecule has 0 heterocycles. The van der Waals surface area contributed by atoms with Gasteiger partial charge >= 0.3 is 12.1 Å². The van der Waals surface area contributed by atoms with E-state index >= 15 is 0 Å². The van der Waals surface area contributed by atoms with E-state index in [4.69, 9.17) is 14.7 Å². The van der Waals surface area contributed by atoms with E-state index in [1.807, 2.05) is 0 Å². The van der Waals surface area contributed by atoms with Crippen molar-refractivity contribution in [2.24, 2.45) is 5.16 Å². The molecular weight excluding hydrogens is 279 g/mol. The van der Waals surface area contributed by atoms with Crippen LogP contribution < -0.4 is 0 Å². The molecule has 0 radical (unpaired) electrons. The zero-order valence-corrected chi connectivity index (χ0v) is 10.9. The van der Waals surface area contributed by atoms with Crippen molar-refractivity contribution in [3.05, 3.63) is 36.3 Å². The lowest BCUT2D eigenvalue weighted by atomic mass is 10.3. The predicted molar refractivity (Wildman–Crippen MR) is 65.0 cm³/mol. The number of esters is 1. The van der Waals surface area contributed by atoms with Gasteiger partial charge in [0.25, 0.3) is 0 Å². The number of methoxy groups -OCH3 is 1. The molecule has 0 aromatic carbocycles. The van der Waals surface area contributed by atoms with E-state index < -0.39 is 17.9 Å². The molecule has 0 unspecified atom stereocenters. The van der Waals surface area contributed by atoms with Crippen LogP contribution in [0.4, 0.5) is 13.2 Å². The molecule has 0 atom stereocenters. The molecule has 0 aromatic rings. The third kappa shape index (κ3) is 6.62.